The van der Waals surface area contributed by atoms with Crippen molar-refractivity contribution in [3.8, 4) is 0 Å². The van der Waals surface area contributed by atoms with E-state index in [2.05, 4.69) is 65.4 Å². The number of hydrogen-bond donors (Lipinski definition) is 19. The van der Waals surface area contributed by atoms with Crippen LogP contribution in [0.25, 0.3) is 0 Å². The molecule has 82 heavy (non-hydrogen) atoms. The lowest BCUT2D eigenvalue weighted by atomic mass is 9.98. The van der Waals surface area contributed by atoms with Gasteiger partial charge in [-0.1, -0.05) is 47.5 Å². The molecular formula is C52H98N16O14. The Morgan fingerprint density at radius 3 is 1.46 bits per heavy atom. The topological polar surface area (TPSA) is 511 Å². The Morgan fingerprint density at radius 1 is 0.549 bits per heavy atom. The summed E-state index contributed by atoms with van der Waals surface area (Å²) in [5.74, 6) is -10.4. The van der Waals surface area contributed by atoms with Gasteiger partial charge in [-0.3, -0.25) is 52.7 Å². The highest BCUT2D eigenvalue weighted by Gasteiger charge is 2.38. The van der Waals surface area contributed by atoms with Gasteiger partial charge in [-0.25, -0.2) is 0 Å². The molecule has 30 heteroatoms. The molecule has 11 amide bonds. The highest BCUT2D eigenvalue weighted by molar-refractivity contribution is 5.99. The summed E-state index contributed by atoms with van der Waals surface area (Å²) in [6, 6.07) is -14.9. The lowest BCUT2D eigenvalue weighted by Gasteiger charge is -2.29. The van der Waals surface area contributed by atoms with Crippen molar-refractivity contribution in [1.29, 1.82) is 0 Å². The standard InChI is InChI=1S/C52H98N16O14/c1-8-28(4)10-9-11-40(72)59-32(12-18-53)47(77)68-42(31(7)71)52(82)64-35(15-21-56)44(74)63-37-17-23-58-51(81)41(30(6)70)67-48(78)36(16-22-57)61-43(73)33(13-19-54)62-49(79)38(24-27(2)3)65-50(80)39(25-29(5)26-69)66-45(75)34(14-20-55)60-46(37)76/h27-39,41-42,69-71H,8-26,53-57H2,1-7H3,(H,58,81)(H,59,72)(H,60,76)(H,61,73)(H,62,79)(H,63,74)(H,64,82)(H,65,80)(H,66,75)(H,67,78)(H,68,77)/t28?,29?,30-,31-,32+,33+,34+,35+,36+,37+,38+,39-,41+,42+/m1/s1. The van der Waals surface area contributed by atoms with Crippen LogP contribution in [0.3, 0.4) is 0 Å². The predicted octanol–water partition coefficient (Wildman–Crippen LogP) is -6.86. The first-order chi connectivity index (χ1) is 38.7. The van der Waals surface area contributed by atoms with E-state index in [-0.39, 0.29) is 90.0 Å². The van der Waals surface area contributed by atoms with Gasteiger partial charge in [0.25, 0.3) is 0 Å². The van der Waals surface area contributed by atoms with E-state index in [1.807, 2.05) is 6.92 Å². The summed E-state index contributed by atoms with van der Waals surface area (Å²) in [6.07, 6.45) is -2.26. The second kappa shape index (κ2) is 39.4. The molecule has 14 atom stereocenters. The first kappa shape index (κ1) is 73.9. The third kappa shape index (κ3) is 26.8. The number of aliphatic hydroxyl groups excluding tert-OH is 3. The Balaban J connectivity index is 3.87. The molecule has 1 heterocycles. The first-order valence-corrected chi connectivity index (χ1v) is 28.5. The van der Waals surface area contributed by atoms with Crippen LogP contribution in [0.1, 0.15) is 126 Å². The Bertz CT molecular complexity index is 2070. The van der Waals surface area contributed by atoms with Crippen molar-refractivity contribution < 1.29 is 68.1 Å². The maximum absolute atomic E-state index is 14.4. The van der Waals surface area contributed by atoms with Crippen molar-refractivity contribution in [2.45, 2.75) is 198 Å². The number of nitrogens with two attached hydrogens (primary N) is 5. The summed E-state index contributed by atoms with van der Waals surface area (Å²) < 4.78 is 0. The minimum absolute atomic E-state index is 0.0215. The van der Waals surface area contributed by atoms with Gasteiger partial charge in [-0.15, -0.1) is 0 Å². The largest absolute Gasteiger partial charge is 0.396 e. The van der Waals surface area contributed by atoms with Gasteiger partial charge in [0, 0.05) is 19.6 Å². The van der Waals surface area contributed by atoms with E-state index in [0.29, 0.717) is 12.3 Å². The van der Waals surface area contributed by atoms with Crippen LogP contribution in [-0.4, -0.2) is 199 Å². The Labute approximate surface area is 480 Å². The predicted molar refractivity (Wildman–Crippen MR) is 302 cm³/mol. The van der Waals surface area contributed by atoms with Gasteiger partial charge in [-0.2, -0.15) is 0 Å². The molecule has 0 radical (unpaired) electrons. The van der Waals surface area contributed by atoms with Crippen molar-refractivity contribution in [3.63, 3.8) is 0 Å². The zero-order valence-electron chi connectivity index (χ0n) is 48.8. The summed E-state index contributed by atoms with van der Waals surface area (Å²) in [4.78, 5) is 153. The smallest absolute Gasteiger partial charge is 0.245 e. The summed E-state index contributed by atoms with van der Waals surface area (Å²) >= 11 is 0. The average molecular weight is 1170 g/mol. The van der Waals surface area contributed by atoms with Gasteiger partial charge in [0.2, 0.25) is 65.0 Å². The van der Waals surface area contributed by atoms with Gasteiger partial charge < -0.3 is 102 Å². The molecule has 0 aromatic rings. The average Bonchev–Trinajstić information content (AvgIpc) is 3.42. The number of carbonyl (C=O) groups is 11. The second-order valence-corrected chi connectivity index (χ2v) is 21.5. The fourth-order valence-electron chi connectivity index (χ4n) is 8.60. The van der Waals surface area contributed by atoms with Crippen LogP contribution in [0.5, 0.6) is 0 Å². The molecule has 470 valence electrons. The Morgan fingerprint density at radius 2 is 1.01 bits per heavy atom. The van der Waals surface area contributed by atoms with Crippen molar-refractivity contribution in [1.82, 2.24) is 58.5 Å². The van der Waals surface area contributed by atoms with Crippen LogP contribution in [0, 0.1) is 17.8 Å². The fourth-order valence-corrected chi connectivity index (χ4v) is 8.60. The molecule has 1 fully saturated rings. The summed E-state index contributed by atoms with van der Waals surface area (Å²) in [5.41, 5.74) is 29.2. The lowest BCUT2D eigenvalue weighted by Crippen LogP contribution is -2.62. The minimum Gasteiger partial charge on any atom is -0.396 e. The van der Waals surface area contributed by atoms with E-state index in [1.54, 1.807) is 20.8 Å². The molecule has 1 saturated heterocycles. The van der Waals surface area contributed by atoms with E-state index in [4.69, 9.17) is 28.7 Å². The van der Waals surface area contributed by atoms with Crippen LogP contribution in [0.4, 0.5) is 0 Å². The lowest BCUT2D eigenvalue weighted by molar-refractivity contribution is -0.137. The van der Waals surface area contributed by atoms with Gasteiger partial charge in [0.1, 0.15) is 60.4 Å². The van der Waals surface area contributed by atoms with E-state index in [9.17, 15) is 68.1 Å². The van der Waals surface area contributed by atoms with Gasteiger partial charge >= 0.3 is 0 Å². The molecule has 0 spiro atoms. The third-order valence-electron chi connectivity index (χ3n) is 13.7. The highest BCUT2D eigenvalue weighted by Crippen LogP contribution is 2.14. The van der Waals surface area contributed by atoms with E-state index in [0.717, 1.165) is 12.8 Å². The number of hydrogen-bond acceptors (Lipinski definition) is 19. The summed E-state index contributed by atoms with van der Waals surface area (Å²) in [7, 11) is 0. The third-order valence-corrected chi connectivity index (χ3v) is 13.7. The van der Waals surface area contributed by atoms with Crippen LogP contribution >= 0.6 is 0 Å². The van der Waals surface area contributed by atoms with Crippen molar-refractivity contribution in [2.75, 3.05) is 45.9 Å². The second-order valence-electron chi connectivity index (χ2n) is 21.5. The van der Waals surface area contributed by atoms with Crippen molar-refractivity contribution in [3.05, 3.63) is 0 Å². The molecule has 24 N–H and O–H groups in total. The molecule has 2 unspecified atom stereocenters. The molecule has 1 aliphatic heterocycles. The quantitative estimate of drug-likeness (QED) is 0.0331. The number of aliphatic hydroxyl groups is 3. The molecule has 1 aliphatic rings. The van der Waals surface area contributed by atoms with Gasteiger partial charge in [0.05, 0.1) is 12.2 Å². The highest BCUT2D eigenvalue weighted by atomic mass is 16.3. The fraction of sp³-hybridized carbons (Fsp3) is 0.788. The summed E-state index contributed by atoms with van der Waals surface area (Å²) in [6.45, 7) is 9.92. The van der Waals surface area contributed by atoms with Crippen LogP contribution in [0.2, 0.25) is 0 Å². The molecule has 0 aromatic heterocycles. The first-order valence-electron chi connectivity index (χ1n) is 28.5. The van der Waals surface area contributed by atoms with Crippen LogP contribution in [-0.2, 0) is 52.7 Å². The van der Waals surface area contributed by atoms with Crippen LogP contribution < -0.4 is 87.2 Å². The summed E-state index contributed by atoms with van der Waals surface area (Å²) in [5, 5.41) is 59.2. The zero-order valence-corrected chi connectivity index (χ0v) is 48.8. The number of rotatable bonds is 29. The van der Waals surface area contributed by atoms with Gasteiger partial charge in [-0.05, 0) is 122 Å². The van der Waals surface area contributed by atoms with Crippen molar-refractivity contribution in [2.24, 2.45) is 46.4 Å². The maximum Gasteiger partial charge on any atom is 0.245 e. The molecule has 0 saturated carbocycles. The maximum atomic E-state index is 14.4. The van der Waals surface area contributed by atoms with E-state index < -0.39 is 163 Å². The van der Waals surface area contributed by atoms with E-state index in [1.165, 1.54) is 13.8 Å². The normalized spacial score (nSPS) is 23.8. The molecule has 1 rings (SSSR count). The SMILES string of the molecule is CCC(C)CCCC(=O)N[C@@H](CCN)C(=O)N[C@H](C(=O)N[C@@H](CCN)C(=O)N[C@H]1CCNC(=O)[C@H]([C@@H](C)O)NC(=O)[C@H](CCN)NC(=O)[C@H](CCN)NC(=O)[C@H](CC(C)C)NC(=O)[C@@H](CC(C)CO)NC(=O)[C@H](CCN)NC1=O)[C@@H](C)O. The number of nitrogens with one attached hydrogen (secondary N) is 11. The molecule has 0 aliphatic carbocycles. The van der Waals surface area contributed by atoms with Crippen molar-refractivity contribution >= 4 is 65.0 Å². The number of carbonyl (C=O) groups excluding carboxylic acids is 11. The van der Waals surface area contributed by atoms with Crippen LogP contribution in [0.15, 0.2) is 0 Å². The van der Waals surface area contributed by atoms with E-state index >= 15 is 0 Å². The zero-order chi connectivity index (χ0) is 62.2. The molecule has 30 nitrogen and oxygen atoms in total. The Kier molecular flexibility index (Phi) is 35.4. The minimum atomic E-state index is -1.71. The monoisotopic (exact) mass is 1170 g/mol. The van der Waals surface area contributed by atoms with Gasteiger partial charge in [0.15, 0.2) is 0 Å². The molecule has 0 bridgehead atoms. The molecular weight excluding hydrogens is 1070 g/mol. The molecule has 0 aromatic carbocycles. The Hall–Kier alpha value is -6.15. The number of amides is 11.